The van der Waals surface area contributed by atoms with Crippen LogP contribution < -0.4 is 10.1 Å². The van der Waals surface area contributed by atoms with Gasteiger partial charge in [0.1, 0.15) is 5.76 Å². The number of furan rings is 1. The highest BCUT2D eigenvalue weighted by Crippen LogP contribution is 2.36. The predicted octanol–water partition coefficient (Wildman–Crippen LogP) is 3.98. The molecule has 0 aliphatic carbocycles. The van der Waals surface area contributed by atoms with Gasteiger partial charge in [0.25, 0.3) is 0 Å². The maximum atomic E-state index is 6.05. The van der Waals surface area contributed by atoms with Gasteiger partial charge in [0, 0.05) is 10.9 Å². The molecule has 2 aromatic rings. The lowest BCUT2D eigenvalue weighted by Gasteiger charge is -2.09. The summed E-state index contributed by atoms with van der Waals surface area (Å²) in [6.45, 7) is 9.42. The first-order chi connectivity index (χ1) is 9.12. The summed E-state index contributed by atoms with van der Waals surface area (Å²) in [5, 5.41) is 4.56. The van der Waals surface area contributed by atoms with Crippen LogP contribution >= 0.6 is 0 Å². The van der Waals surface area contributed by atoms with Crippen LogP contribution in [-0.2, 0) is 6.42 Å². The van der Waals surface area contributed by atoms with Gasteiger partial charge in [0.15, 0.2) is 11.3 Å². The van der Waals surface area contributed by atoms with Crippen LogP contribution in [0.5, 0.6) is 5.75 Å². The Bertz CT molecular complexity index is 572. The minimum Gasteiger partial charge on any atom is -0.493 e. The topological polar surface area (TPSA) is 34.4 Å². The molecule has 1 aromatic carbocycles. The fraction of sp³-hybridized carbons (Fsp3) is 0.500. The van der Waals surface area contributed by atoms with E-state index in [0.717, 1.165) is 35.4 Å². The molecule has 2 rings (SSSR count). The van der Waals surface area contributed by atoms with Crippen LogP contribution in [0.3, 0.4) is 0 Å². The average Bonchev–Trinajstić information content (AvgIpc) is 2.75. The molecule has 0 saturated carbocycles. The van der Waals surface area contributed by atoms with Crippen molar-refractivity contribution in [1.82, 2.24) is 5.32 Å². The average molecular weight is 261 g/mol. The molecule has 1 heterocycles. The van der Waals surface area contributed by atoms with Gasteiger partial charge in [-0.1, -0.05) is 13.8 Å². The highest BCUT2D eigenvalue weighted by atomic mass is 16.5. The first-order valence-electron chi connectivity index (χ1n) is 6.95. The first-order valence-corrected chi connectivity index (χ1v) is 6.95. The lowest BCUT2D eigenvalue weighted by atomic mass is 10.0. The van der Waals surface area contributed by atoms with Gasteiger partial charge in [0.05, 0.1) is 13.2 Å². The summed E-state index contributed by atoms with van der Waals surface area (Å²) in [4.78, 5) is 0. The zero-order valence-corrected chi connectivity index (χ0v) is 12.5. The monoisotopic (exact) mass is 261 g/mol. The lowest BCUT2D eigenvalue weighted by molar-refractivity contribution is 0.400. The van der Waals surface area contributed by atoms with Gasteiger partial charge in [-0.3, -0.25) is 0 Å². The van der Waals surface area contributed by atoms with E-state index in [4.69, 9.17) is 9.15 Å². The number of benzene rings is 1. The molecule has 1 unspecified atom stereocenters. The van der Waals surface area contributed by atoms with Crippen LogP contribution in [0.4, 0.5) is 0 Å². The van der Waals surface area contributed by atoms with Crippen LogP contribution in [0.1, 0.15) is 43.7 Å². The molecule has 0 aliphatic rings. The van der Waals surface area contributed by atoms with Crippen molar-refractivity contribution in [3.63, 3.8) is 0 Å². The summed E-state index contributed by atoms with van der Waals surface area (Å²) in [6.07, 6.45) is 0.995. The van der Waals surface area contributed by atoms with Crippen LogP contribution in [0.25, 0.3) is 11.0 Å². The van der Waals surface area contributed by atoms with E-state index < -0.39 is 0 Å². The number of hydrogen-bond acceptors (Lipinski definition) is 3. The van der Waals surface area contributed by atoms with Gasteiger partial charge in [-0.15, -0.1) is 0 Å². The van der Waals surface area contributed by atoms with Gasteiger partial charge < -0.3 is 14.5 Å². The number of methoxy groups -OCH3 is 1. The minimum absolute atomic E-state index is 0.215. The lowest BCUT2D eigenvalue weighted by Crippen LogP contribution is -2.17. The number of nitrogens with one attached hydrogen (secondary N) is 1. The Labute approximate surface area is 114 Å². The molecule has 0 radical (unpaired) electrons. The fourth-order valence-electron chi connectivity index (χ4n) is 2.53. The van der Waals surface area contributed by atoms with Crippen molar-refractivity contribution in [2.75, 3.05) is 13.7 Å². The summed E-state index contributed by atoms with van der Waals surface area (Å²) in [6, 6.07) is 4.48. The van der Waals surface area contributed by atoms with E-state index in [1.807, 2.05) is 0 Å². The Hall–Kier alpha value is -1.48. The number of hydrogen-bond donors (Lipinski definition) is 1. The Kier molecular flexibility index (Phi) is 4.15. The summed E-state index contributed by atoms with van der Waals surface area (Å²) in [7, 11) is 1.69. The SMILES string of the molecule is CCNC(C)c1oc2c(OC)cc(CC)cc2c1C. The Morgan fingerprint density at radius 2 is 2.05 bits per heavy atom. The normalized spacial score (nSPS) is 12.9. The second kappa shape index (κ2) is 5.66. The molecule has 1 N–H and O–H groups in total. The second-order valence-electron chi connectivity index (χ2n) is 4.90. The third-order valence-corrected chi connectivity index (χ3v) is 3.63. The van der Waals surface area contributed by atoms with Gasteiger partial charge in [-0.05, 0) is 44.5 Å². The van der Waals surface area contributed by atoms with Crippen LogP contribution in [0.2, 0.25) is 0 Å². The Balaban J connectivity index is 2.61. The zero-order chi connectivity index (χ0) is 14.0. The van der Waals surface area contributed by atoms with E-state index in [1.54, 1.807) is 7.11 Å². The summed E-state index contributed by atoms with van der Waals surface area (Å²) >= 11 is 0. The van der Waals surface area contributed by atoms with E-state index in [2.05, 4.69) is 45.1 Å². The number of ether oxygens (including phenoxy) is 1. The van der Waals surface area contributed by atoms with Crippen molar-refractivity contribution >= 4 is 11.0 Å². The third-order valence-electron chi connectivity index (χ3n) is 3.63. The number of rotatable bonds is 5. The van der Waals surface area contributed by atoms with Crippen LogP contribution in [0.15, 0.2) is 16.5 Å². The van der Waals surface area contributed by atoms with Crippen LogP contribution in [0, 0.1) is 6.92 Å². The molecule has 0 spiro atoms. The van der Waals surface area contributed by atoms with Gasteiger partial charge in [0.2, 0.25) is 0 Å². The maximum absolute atomic E-state index is 6.05. The summed E-state index contributed by atoms with van der Waals surface area (Å²) < 4.78 is 11.5. The van der Waals surface area contributed by atoms with Crippen molar-refractivity contribution in [2.45, 2.75) is 40.2 Å². The molecule has 104 valence electrons. The van der Waals surface area contributed by atoms with Crippen molar-refractivity contribution in [2.24, 2.45) is 0 Å². The Morgan fingerprint density at radius 3 is 2.63 bits per heavy atom. The van der Waals surface area contributed by atoms with Crippen molar-refractivity contribution in [3.8, 4) is 5.75 Å². The molecule has 0 bridgehead atoms. The third kappa shape index (κ3) is 2.47. The van der Waals surface area contributed by atoms with E-state index in [9.17, 15) is 0 Å². The number of aryl methyl sites for hydroxylation is 2. The van der Waals surface area contributed by atoms with Gasteiger partial charge in [-0.2, -0.15) is 0 Å². The second-order valence-corrected chi connectivity index (χ2v) is 4.90. The molecule has 3 nitrogen and oxygen atoms in total. The predicted molar refractivity (Wildman–Crippen MR) is 79.0 cm³/mol. The van der Waals surface area contributed by atoms with E-state index in [-0.39, 0.29) is 6.04 Å². The highest BCUT2D eigenvalue weighted by Gasteiger charge is 2.19. The van der Waals surface area contributed by atoms with Crippen molar-refractivity contribution in [1.29, 1.82) is 0 Å². The zero-order valence-electron chi connectivity index (χ0n) is 12.5. The molecular formula is C16H23NO2. The Morgan fingerprint density at radius 1 is 1.32 bits per heavy atom. The minimum atomic E-state index is 0.215. The van der Waals surface area contributed by atoms with E-state index >= 15 is 0 Å². The van der Waals surface area contributed by atoms with Gasteiger partial charge >= 0.3 is 0 Å². The van der Waals surface area contributed by atoms with Gasteiger partial charge in [-0.25, -0.2) is 0 Å². The fourth-order valence-corrected chi connectivity index (χ4v) is 2.53. The molecule has 0 saturated heterocycles. The molecule has 0 aliphatic heterocycles. The smallest absolute Gasteiger partial charge is 0.176 e. The molecular weight excluding hydrogens is 238 g/mol. The molecule has 0 fully saturated rings. The quantitative estimate of drug-likeness (QED) is 0.884. The van der Waals surface area contributed by atoms with Crippen molar-refractivity contribution in [3.05, 3.63) is 29.0 Å². The first kappa shape index (κ1) is 13.9. The maximum Gasteiger partial charge on any atom is 0.176 e. The molecule has 3 heteroatoms. The largest absolute Gasteiger partial charge is 0.493 e. The van der Waals surface area contributed by atoms with E-state index in [0.29, 0.717) is 0 Å². The molecule has 0 amide bonds. The highest BCUT2D eigenvalue weighted by molar-refractivity contribution is 5.88. The summed E-state index contributed by atoms with van der Waals surface area (Å²) in [5.41, 5.74) is 3.34. The molecule has 19 heavy (non-hydrogen) atoms. The molecule has 1 aromatic heterocycles. The van der Waals surface area contributed by atoms with Crippen LogP contribution in [-0.4, -0.2) is 13.7 Å². The van der Waals surface area contributed by atoms with Crippen molar-refractivity contribution < 1.29 is 9.15 Å². The van der Waals surface area contributed by atoms with E-state index in [1.165, 1.54) is 11.1 Å². The summed E-state index contributed by atoms with van der Waals surface area (Å²) in [5.74, 6) is 1.83. The number of fused-ring (bicyclic) bond motifs is 1. The standard InChI is InChI=1S/C16H23NO2/c1-6-12-8-13-10(3)15(11(4)17-7-2)19-16(13)14(9-12)18-5/h8-9,11,17H,6-7H2,1-5H3. The molecule has 1 atom stereocenters.